The number of aryl methyl sites for hydroxylation is 1. The van der Waals surface area contributed by atoms with E-state index < -0.39 is 0 Å². The molecule has 0 aromatic carbocycles. The molecule has 0 radical (unpaired) electrons. The van der Waals surface area contributed by atoms with Gasteiger partial charge >= 0.3 is 0 Å². The molecule has 0 spiro atoms. The minimum Gasteiger partial charge on any atom is -0.296 e. The summed E-state index contributed by atoms with van der Waals surface area (Å²) in [6.45, 7) is 1.98. The molecular formula is C10H9ClN2O. The van der Waals surface area contributed by atoms with E-state index in [1.165, 1.54) is 0 Å². The van der Waals surface area contributed by atoms with Gasteiger partial charge in [-0.05, 0) is 12.1 Å². The maximum atomic E-state index is 10.8. The smallest absolute Gasteiger partial charge is 0.166 e. The summed E-state index contributed by atoms with van der Waals surface area (Å²) in [5.74, 6) is 0.813. The van der Waals surface area contributed by atoms with Crippen molar-refractivity contribution in [3.63, 3.8) is 0 Å². The van der Waals surface area contributed by atoms with Crippen molar-refractivity contribution in [2.24, 2.45) is 0 Å². The molecule has 3 nitrogen and oxygen atoms in total. The summed E-state index contributed by atoms with van der Waals surface area (Å²) in [5, 5.41) is 0.450. The number of nitrogens with zero attached hydrogens (tertiary/aromatic N) is 2. The van der Waals surface area contributed by atoms with Gasteiger partial charge in [-0.1, -0.05) is 24.6 Å². The third-order valence-electron chi connectivity index (χ3n) is 2.15. The average molecular weight is 209 g/mol. The molecule has 0 unspecified atom stereocenters. The van der Waals surface area contributed by atoms with Gasteiger partial charge in [0.1, 0.15) is 5.82 Å². The van der Waals surface area contributed by atoms with E-state index in [1.54, 1.807) is 16.5 Å². The molecule has 14 heavy (non-hydrogen) atoms. The van der Waals surface area contributed by atoms with Crippen LogP contribution >= 0.6 is 11.6 Å². The first-order chi connectivity index (χ1) is 6.77. The second kappa shape index (κ2) is 3.42. The van der Waals surface area contributed by atoms with E-state index in [2.05, 4.69) is 4.98 Å². The van der Waals surface area contributed by atoms with E-state index in [9.17, 15) is 4.79 Å². The lowest BCUT2D eigenvalue weighted by Gasteiger charge is -2.00. The van der Waals surface area contributed by atoms with E-state index in [0.717, 1.165) is 24.0 Å². The van der Waals surface area contributed by atoms with Gasteiger partial charge in [-0.2, -0.15) is 0 Å². The average Bonchev–Trinajstić information content (AvgIpc) is 2.56. The van der Waals surface area contributed by atoms with Gasteiger partial charge in [-0.25, -0.2) is 4.98 Å². The number of aromatic nitrogens is 2. The molecule has 0 N–H and O–H groups in total. The standard InChI is InChI=1S/C10H9ClN2O/c1-2-9-12-10(11)8-5-3-4-7(6-14)13(8)9/h3-6H,2H2,1H3. The van der Waals surface area contributed by atoms with Crippen LogP contribution in [0, 0.1) is 0 Å². The van der Waals surface area contributed by atoms with Crippen LogP contribution in [0.5, 0.6) is 0 Å². The molecule has 2 aromatic rings. The van der Waals surface area contributed by atoms with Gasteiger partial charge < -0.3 is 0 Å². The number of pyridine rings is 1. The van der Waals surface area contributed by atoms with Crippen LogP contribution in [0.3, 0.4) is 0 Å². The van der Waals surface area contributed by atoms with E-state index >= 15 is 0 Å². The largest absolute Gasteiger partial charge is 0.296 e. The first kappa shape index (κ1) is 9.21. The number of carbonyl (C=O) groups is 1. The normalized spacial score (nSPS) is 10.7. The van der Waals surface area contributed by atoms with E-state index in [4.69, 9.17) is 11.6 Å². The highest BCUT2D eigenvalue weighted by molar-refractivity contribution is 6.32. The Bertz CT molecular complexity index is 490. The van der Waals surface area contributed by atoms with Crippen molar-refractivity contribution < 1.29 is 4.79 Å². The van der Waals surface area contributed by atoms with Crippen molar-refractivity contribution in [3.05, 3.63) is 34.9 Å². The molecular weight excluding hydrogens is 200 g/mol. The fourth-order valence-electron chi connectivity index (χ4n) is 1.52. The minimum absolute atomic E-state index is 0.450. The number of halogens is 1. The second-order valence-electron chi connectivity index (χ2n) is 2.96. The number of rotatable bonds is 2. The molecule has 4 heteroatoms. The van der Waals surface area contributed by atoms with E-state index in [-0.39, 0.29) is 0 Å². The Morgan fingerprint density at radius 3 is 3.00 bits per heavy atom. The summed E-state index contributed by atoms with van der Waals surface area (Å²) in [6.07, 6.45) is 1.56. The molecule has 0 atom stereocenters. The minimum atomic E-state index is 0.450. The van der Waals surface area contributed by atoms with Crippen LogP contribution in [0.1, 0.15) is 23.2 Å². The third kappa shape index (κ3) is 1.21. The fourth-order valence-corrected chi connectivity index (χ4v) is 1.77. The quantitative estimate of drug-likeness (QED) is 0.711. The van der Waals surface area contributed by atoms with E-state index in [0.29, 0.717) is 10.8 Å². The van der Waals surface area contributed by atoms with Crippen LogP contribution < -0.4 is 0 Å². The molecule has 0 bridgehead atoms. The SMILES string of the molecule is CCc1nc(Cl)c2cccc(C=O)n12. The topological polar surface area (TPSA) is 34.4 Å². The highest BCUT2D eigenvalue weighted by atomic mass is 35.5. The van der Waals surface area contributed by atoms with Gasteiger partial charge in [0.15, 0.2) is 11.4 Å². The van der Waals surface area contributed by atoms with Crippen molar-refractivity contribution in [1.29, 1.82) is 0 Å². The lowest BCUT2D eigenvalue weighted by atomic mass is 10.3. The van der Waals surface area contributed by atoms with Gasteiger partial charge in [-0.3, -0.25) is 9.20 Å². The lowest BCUT2D eigenvalue weighted by molar-refractivity contribution is 0.111. The molecule has 0 saturated carbocycles. The van der Waals surface area contributed by atoms with Crippen LogP contribution in [0.15, 0.2) is 18.2 Å². The fraction of sp³-hybridized carbons (Fsp3) is 0.200. The lowest BCUT2D eigenvalue weighted by Crippen LogP contribution is -1.99. The van der Waals surface area contributed by atoms with Crippen LogP contribution in [0.4, 0.5) is 0 Å². The van der Waals surface area contributed by atoms with Gasteiger partial charge in [-0.15, -0.1) is 0 Å². The Kier molecular flexibility index (Phi) is 2.25. The molecule has 2 heterocycles. The molecule has 0 aliphatic rings. The molecule has 0 aliphatic heterocycles. The zero-order valence-corrected chi connectivity index (χ0v) is 8.45. The summed E-state index contributed by atoms with van der Waals surface area (Å²) in [6, 6.07) is 5.39. The number of aldehydes is 1. The summed E-state index contributed by atoms with van der Waals surface area (Å²) in [7, 11) is 0. The zero-order chi connectivity index (χ0) is 10.1. The maximum absolute atomic E-state index is 10.8. The summed E-state index contributed by atoms with van der Waals surface area (Å²) < 4.78 is 1.79. The monoisotopic (exact) mass is 208 g/mol. The van der Waals surface area contributed by atoms with Crippen molar-refractivity contribution in [1.82, 2.24) is 9.38 Å². The number of hydrogen-bond acceptors (Lipinski definition) is 2. The molecule has 0 aliphatic carbocycles. The number of carbonyl (C=O) groups excluding carboxylic acids is 1. The number of hydrogen-bond donors (Lipinski definition) is 0. The first-order valence-electron chi connectivity index (χ1n) is 4.39. The highest BCUT2D eigenvalue weighted by Crippen LogP contribution is 2.19. The zero-order valence-electron chi connectivity index (χ0n) is 7.70. The molecule has 0 fully saturated rings. The predicted octanol–water partition coefficient (Wildman–Crippen LogP) is 2.36. The van der Waals surface area contributed by atoms with Gasteiger partial charge in [0, 0.05) is 6.42 Å². The van der Waals surface area contributed by atoms with Crippen LogP contribution in [-0.4, -0.2) is 15.7 Å². The predicted molar refractivity (Wildman–Crippen MR) is 55.0 cm³/mol. The van der Waals surface area contributed by atoms with Crippen LogP contribution in [0.2, 0.25) is 5.15 Å². The summed E-state index contributed by atoms with van der Waals surface area (Å²) in [4.78, 5) is 15.0. The molecule has 0 saturated heterocycles. The number of fused-ring (bicyclic) bond motifs is 1. The van der Waals surface area contributed by atoms with Gasteiger partial charge in [0.05, 0.1) is 11.2 Å². The number of imidazole rings is 1. The van der Waals surface area contributed by atoms with Crippen LogP contribution in [0.25, 0.3) is 5.52 Å². The Morgan fingerprint density at radius 1 is 1.57 bits per heavy atom. The molecule has 0 amide bonds. The van der Waals surface area contributed by atoms with Crippen molar-refractivity contribution in [2.45, 2.75) is 13.3 Å². The van der Waals surface area contributed by atoms with Crippen molar-refractivity contribution in [2.75, 3.05) is 0 Å². The van der Waals surface area contributed by atoms with Crippen molar-refractivity contribution >= 4 is 23.4 Å². The second-order valence-corrected chi connectivity index (χ2v) is 3.32. The molecule has 2 rings (SSSR count). The highest BCUT2D eigenvalue weighted by Gasteiger charge is 2.09. The molecule has 2 aromatic heterocycles. The Balaban J connectivity index is 2.89. The first-order valence-corrected chi connectivity index (χ1v) is 4.76. The van der Waals surface area contributed by atoms with Crippen LogP contribution in [-0.2, 0) is 6.42 Å². The summed E-state index contributed by atoms with van der Waals surface area (Å²) in [5.41, 5.74) is 1.37. The van der Waals surface area contributed by atoms with E-state index in [1.807, 2.05) is 13.0 Å². The maximum Gasteiger partial charge on any atom is 0.166 e. The van der Waals surface area contributed by atoms with Gasteiger partial charge in [0.2, 0.25) is 0 Å². The Morgan fingerprint density at radius 2 is 2.36 bits per heavy atom. The van der Waals surface area contributed by atoms with Gasteiger partial charge in [0.25, 0.3) is 0 Å². The van der Waals surface area contributed by atoms with Crippen molar-refractivity contribution in [3.8, 4) is 0 Å². The molecule has 72 valence electrons. The third-order valence-corrected chi connectivity index (χ3v) is 2.43. The Hall–Kier alpha value is -1.35. The summed E-state index contributed by atoms with van der Waals surface area (Å²) >= 11 is 5.94. The Labute approximate surface area is 86.3 Å².